The van der Waals surface area contributed by atoms with Gasteiger partial charge in [-0.15, -0.1) is 11.6 Å². The minimum atomic E-state index is -0.0442. The summed E-state index contributed by atoms with van der Waals surface area (Å²) in [5.74, 6) is 1.58. The Hall–Kier alpha value is -2.00. The fourth-order valence-electron chi connectivity index (χ4n) is 2.62. The van der Waals surface area contributed by atoms with Crippen LogP contribution in [0, 0.1) is 0 Å². The Balaban J connectivity index is 1.83. The van der Waals surface area contributed by atoms with Crippen LogP contribution in [0.1, 0.15) is 23.5 Å². The summed E-state index contributed by atoms with van der Waals surface area (Å²) in [6.45, 7) is 0.707. The molecule has 22 heavy (non-hydrogen) atoms. The Kier molecular flexibility index (Phi) is 4.96. The Labute approximate surface area is 135 Å². The van der Waals surface area contributed by atoms with Crippen LogP contribution in [0.3, 0.4) is 0 Å². The van der Waals surface area contributed by atoms with E-state index in [0.29, 0.717) is 12.4 Å². The molecule has 2 aromatic carbocycles. The van der Waals surface area contributed by atoms with E-state index in [1.54, 1.807) is 0 Å². The van der Waals surface area contributed by atoms with Crippen LogP contribution in [0.5, 0.6) is 0 Å². The molecule has 3 rings (SSSR count). The molecule has 1 aliphatic rings. The van der Waals surface area contributed by atoms with Gasteiger partial charge in [-0.25, -0.2) is 0 Å². The SMILES string of the molecule is ClCC1CNC(CC(c2ccccc2)c2ccccc2)=NO1. The number of hydrogen-bond acceptors (Lipinski definition) is 3. The Morgan fingerprint density at radius 2 is 1.64 bits per heavy atom. The molecule has 0 bridgehead atoms. The van der Waals surface area contributed by atoms with Crippen molar-refractivity contribution in [3.05, 3.63) is 71.8 Å². The predicted octanol–water partition coefficient (Wildman–Crippen LogP) is 3.75. The van der Waals surface area contributed by atoms with Crippen molar-refractivity contribution in [2.75, 3.05) is 12.4 Å². The highest BCUT2D eigenvalue weighted by atomic mass is 35.5. The maximum atomic E-state index is 5.79. The van der Waals surface area contributed by atoms with E-state index in [9.17, 15) is 0 Å². The van der Waals surface area contributed by atoms with E-state index in [1.807, 2.05) is 12.1 Å². The lowest BCUT2D eigenvalue weighted by molar-refractivity contribution is 0.0646. The van der Waals surface area contributed by atoms with Gasteiger partial charge in [-0.3, -0.25) is 0 Å². The average Bonchev–Trinajstić information content (AvgIpc) is 2.62. The summed E-state index contributed by atoms with van der Waals surface area (Å²) in [5, 5.41) is 7.52. The molecule has 3 nitrogen and oxygen atoms in total. The number of amidine groups is 1. The molecule has 1 unspecified atom stereocenters. The van der Waals surface area contributed by atoms with Gasteiger partial charge in [-0.05, 0) is 11.1 Å². The zero-order valence-corrected chi connectivity index (χ0v) is 13.0. The average molecular weight is 315 g/mol. The summed E-state index contributed by atoms with van der Waals surface area (Å²) in [4.78, 5) is 5.41. The van der Waals surface area contributed by atoms with E-state index in [1.165, 1.54) is 11.1 Å². The van der Waals surface area contributed by atoms with Crippen molar-refractivity contribution in [3.8, 4) is 0 Å². The summed E-state index contributed by atoms with van der Waals surface area (Å²) in [6, 6.07) is 21.0. The molecular formula is C18H19ClN2O. The lowest BCUT2D eigenvalue weighted by Gasteiger charge is -2.24. The highest BCUT2D eigenvalue weighted by Gasteiger charge is 2.21. The standard InChI is InChI=1S/C18H19ClN2O/c19-12-16-13-20-18(21-22-16)11-17(14-7-3-1-4-8-14)15-9-5-2-6-10-15/h1-10,16-17H,11-13H2,(H,20,21). The zero-order valence-electron chi connectivity index (χ0n) is 12.3. The summed E-state index contributed by atoms with van der Waals surface area (Å²) in [7, 11) is 0. The highest BCUT2D eigenvalue weighted by Crippen LogP contribution is 2.28. The van der Waals surface area contributed by atoms with Crippen LogP contribution in [0.25, 0.3) is 0 Å². The smallest absolute Gasteiger partial charge is 0.158 e. The maximum Gasteiger partial charge on any atom is 0.158 e. The van der Waals surface area contributed by atoms with Crippen LogP contribution in [0.15, 0.2) is 65.8 Å². The van der Waals surface area contributed by atoms with Crippen LogP contribution in [0.4, 0.5) is 0 Å². The largest absolute Gasteiger partial charge is 0.388 e. The number of nitrogens with zero attached hydrogens (tertiary/aromatic N) is 1. The molecule has 1 heterocycles. The van der Waals surface area contributed by atoms with Gasteiger partial charge in [0.25, 0.3) is 0 Å². The first-order chi connectivity index (χ1) is 10.9. The van der Waals surface area contributed by atoms with Gasteiger partial charge in [0, 0.05) is 12.3 Å². The van der Waals surface area contributed by atoms with Gasteiger partial charge >= 0.3 is 0 Å². The zero-order chi connectivity index (χ0) is 15.2. The van der Waals surface area contributed by atoms with Crippen molar-refractivity contribution in [1.82, 2.24) is 5.32 Å². The molecule has 0 aliphatic carbocycles. The second kappa shape index (κ2) is 7.32. The van der Waals surface area contributed by atoms with E-state index >= 15 is 0 Å². The molecular weight excluding hydrogens is 296 g/mol. The Morgan fingerprint density at radius 1 is 1.05 bits per heavy atom. The van der Waals surface area contributed by atoms with Crippen LogP contribution in [-0.4, -0.2) is 24.4 Å². The van der Waals surface area contributed by atoms with Gasteiger partial charge in [0.2, 0.25) is 0 Å². The van der Waals surface area contributed by atoms with Crippen LogP contribution >= 0.6 is 11.6 Å². The number of halogens is 1. The Morgan fingerprint density at radius 3 is 2.09 bits per heavy atom. The number of rotatable bonds is 5. The third-order valence-corrected chi connectivity index (χ3v) is 4.16. The molecule has 2 aromatic rings. The molecule has 1 aliphatic heterocycles. The number of nitrogens with one attached hydrogen (secondary N) is 1. The van der Waals surface area contributed by atoms with Gasteiger partial charge < -0.3 is 10.2 Å². The van der Waals surface area contributed by atoms with Crippen molar-refractivity contribution in [2.45, 2.75) is 18.4 Å². The number of benzene rings is 2. The van der Waals surface area contributed by atoms with Crippen molar-refractivity contribution >= 4 is 17.4 Å². The van der Waals surface area contributed by atoms with E-state index in [-0.39, 0.29) is 12.0 Å². The van der Waals surface area contributed by atoms with Crippen LogP contribution in [-0.2, 0) is 4.84 Å². The highest BCUT2D eigenvalue weighted by molar-refractivity contribution is 6.18. The maximum absolute atomic E-state index is 5.79. The first-order valence-corrected chi connectivity index (χ1v) is 8.02. The summed E-state index contributed by atoms with van der Waals surface area (Å²) in [5.41, 5.74) is 2.55. The molecule has 0 saturated carbocycles. The Bertz CT molecular complexity index is 576. The fraction of sp³-hybridized carbons (Fsp3) is 0.278. The number of hydrogen-bond donors (Lipinski definition) is 1. The van der Waals surface area contributed by atoms with Crippen molar-refractivity contribution in [2.24, 2.45) is 5.16 Å². The van der Waals surface area contributed by atoms with Crippen molar-refractivity contribution in [3.63, 3.8) is 0 Å². The van der Waals surface area contributed by atoms with Crippen molar-refractivity contribution in [1.29, 1.82) is 0 Å². The number of oxime groups is 1. The molecule has 114 valence electrons. The summed E-state index contributed by atoms with van der Waals surface area (Å²) < 4.78 is 0. The normalized spacial score (nSPS) is 17.5. The molecule has 0 fully saturated rings. The van der Waals surface area contributed by atoms with Crippen molar-refractivity contribution < 1.29 is 4.84 Å². The topological polar surface area (TPSA) is 33.6 Å². The third-order valence-electron chi connectivity index (χ3n) is 3.82. The first-order valence-electron chi connectivity index (χ1n) is 7.49. The molecule has 0 spiro atoms. The van der Waals surface area contributed by atoms with Gasteiger partial charge in [0.15, 0.2) is 6.10 Å². The molecule has 0 saturated heterocycles. The van der Waals surface area contributed by atoms with E-state index in [0.717, 1.165) is 12.3 Å². The number of alkyl halides is 1. The fourth-order valence-corrected chi connectivity index (χ4v) is 2.79. The van der Waals surface area contributed by atoms with Gasteiger partial charge in [-0.1, -0.05) is 65.8 Å². The van der Waals surface area contributed by atoms with E-state index in [4.69, 9.17) is 16.4 Å². The molecule has 0 amide bonds. The quantitative estimate of drug-likeness (QED) is 0.853. The molecule has 1 atom stereocenters. The van der Waals surface area contributed by atoms with Crippen LogP contribution < -0.4 is 5.32 Å². The lowest BCUT2D eigenvalue weighted by Crippen LogP contribution is -2.39. The minimum absolute atomic E-state index is 0.0442. The monoisotopic (exact) mass is 314 g/mol. The van der Waals surface area contributed by atoms with Gasteiger partial charge in [-0.2, -0.15) is 0 Å². The first kappa shape index (κ1) is 14.9. The second-order valence-corrected chi connectivity index (χ2v) is 5.69. The van der Waals surface area contributed by atoms with Crippen LogP contribution in [0.2, 0.25) is 0 Å². The second-order valence-electron chi connectivity index (χ2n) is 5.38. The lowest BCUT2D eigenvalue weighted by atomic mass is 9.88. The molecule has 0 radical (unpaired) electrons. The summed E-state index contributed by atoms with van der Waals surface area (Å²) >= 11 is 5.79. The molecule has 1 N–H and O–H groups in total. The molecule has 4 heteroatoms. The summed E-state index contributed by atoms with van der Waals surface area (Å²) in [6.07, 6.45) is 0.737. The van der Waals surface area contributed by atoms with E-state index < -0.39 is 0 Å². The third kappa shape index (κ3) is 3.60. The molecule has 0 aromatic heterocycles. The predicted molar refractivity (Wildman–Crippen MR) is 90.4 cm³/mol. The van der Waals surface area contributed by atoms with Gasteiger partial charge in [0.1, 0.15) is 5.84 Å². The minimum Gasteiger partial charge on any atom is -0.388 e. The van der Waals surface area contributed by atoms with Gasteiger partial charge in [0.05, 0.1) is 12.4 Å². The van der Waals surface area contributed by atoms with E-state index in [2.05, 4.69) is 59.0 Å².